The van der Waals surface area contributed by atoms with Gasteiger partial charge in [0.1, 0.15) is 0 Å². The van der Waals surface area contributed by atoms with Gasteiger partial charge in [0.05, 0.1) is 0 Å². The van der Waals surface area contributed by atoms with Gasteiger partial charge in [-0.05, 0) is 50.5 Å². The van der Waals surface area contributed by atoms with Crippen LogP contribution < -0.4 is 5.32 Å². The summed E-state index contributed by atoms with van der Waals surface area (Å²) in [5, 5.41) is 3.45. The minimum absolute atomic E-state index is 0.764. The van der Waals surface area contributed by atoms with Crippen LogP contribution in [0.2, 0.25) is 0 Å². The van der Waals surface area contributed by atoms with Gasteiger partial charge in [-0.2, -0.15) is 0 Å². The highest BCUT2D eigenvalue weighted by atomic mass is 14.9. The highest BCUT2D eigenvalue weighted by molar-refractivity contribution is 4.94. The van der Waals surface area contributed by atoms with Gasteiger partial charge < -0.3 is 5.32 Å². The van der Waals surface area contributed by atoms with Crippen molar-refractivity contribution in [2.75, 3.05) is 7.05 Å². The highest BCUT2D eigenvalue weighted by Gasteiger charge is 2.40. The van der Waals surface area contributed by atoms with E-state index in [1.807, 2.05) is 0 Å². The normalized spacial score (nSPS) is 45.7. The van der Waals surface area contributed by atoms with E-state index in [2.05, 4.69) is 19.3 Å². The van der Waals surface area contributed by atoms with Crippen molar-refractivity contribution in [3.05, 3.63) is 0 Å². The summed E-state index contributed by atoms with van der Waals surface area (Å²) in [5.41, 5.74) is 0.764. The van der Waals surface area contributed by atoms with E-state index in [1.165, 1.54) is 44.9 Å². The zero-order valence-electron chi connectivity index (χ0n) is 9.10. The van der Waals surface area contributed by atoms with Crippen LogP contribution in [0.3, 0.4) is 0 Å². The van der Waals surface area contributed by atoms with Crippen LogP contribution in [0.1, 0.15) is 51.9 Å². The Kier molecular flexibility index (Phi) is 2.64. The van der Waals surface area contributed by atoms with Gasteiger partial charge in [0.15, 0.2) is 0 Å². The van der Waals surface area contributed by atoms with Crippen LogP contribution in [0.15, 0.2) is 0 Å². The lowest BCUT2D eigenvalue weighted by Crippen LogP contribution is -2.28. The standard InChI is InChI=1S/C12H23N/c1-10-3-6-12(7-4-10)8-5-11(9-12)13-2/h10-11,13H,3-9H2,1-2H3. The first-order chi connectivity index (χ1) is 6.24. The highest BCUT2D eigenvalue weighted by Crippen LogP contribution is 2.50. The molecule has 1 heteroatoms. The fraction of sp³-hybridized carbons (Fsp3) is 1.00. The second kappa shape index (κ2) is 3.61. The molecule has 1 unspecified atom stereocenters. The molecule has 0 aliphatic heterocycles. The Morgan fingerprint density at radius 1 is 1.08 bits per heavy atom. The number of nitrogens with one attached hydrogen (secondary N) is 1. The first kappa shape index (κ1) is 9.51. The maximum atomic E-state index is 3.45. The third-order valence-electron chi connectivity index (χ3n) is 4.45. The van der Waals surface area contributed by atoms with Crippen molar-refractivity contribution in [1.82, 2.24) is 5.32 Å². The Morgan fingerprint density at radius 2 is 1.69 bits per heavy atom. The molecule has 1 nitrogen and oxygen atoms in total. The Morgan fingerprint density at radius 3 is 2.23 bits per heavy atom. The lowest BCUT2D eigenvalue weighted by atomic mass is 9.70. The van der Waals surface area contributed by atoms with Crippen LogP contribution in [-0.2, 0) is 0 Å². The van der Waals surface area contributed by atoms with Crippen molar-refractivity contribution in [1.29, 1.82) is 0 Å². The summed E-state index contributed by atoms with van der Waals surface area (Å²) < 4.78 is 0. The molecule has 0 amide bonds. The Balaban J connectivity index is 1.92. The van der Waals surface area contributed by atoms with Crippen molar-refractivity contribution in [3.63, 3.8) is 0 Å². The third-order valence-corrected chi connectivity index (χ3v) is 4.45. The topological polar surface area (TPSA) is 12.0 Å². The quantitative estimate of drug-likeness (QED) is 0.656. The molecule has 0 aromatic heterocycles. The van der Waals surface area contributed by atoms with Gasteiger partial charge in [-0.15, -0.1) is 0 Å². The molecule has 0 bridgehead atoms. The van der Waals surface area contributed by atoms with Gasteiger partial charge in [-0.1, -0.05) is 19.8 Å². The molecule has 2 aliphatic carbocycles. The molecule has 1 atom stereocenters. The van der Waals surface area contributed by atoms with Gasteiger partial charge >= 0.3 is 0 Å². The maximum absolute atomic E-state index is 3.45. The number of hydrogen-bond donors (Lipinski definition) is 1. The molecular formula is C12H23N. The molecule has 2 rings (SSSR count). The van der Waals surface area contributed by atoms with Crippen molar-refractivity contribution >= 4 is 0 Å². The summed E-state index contributed by atoms with van der Waals surface area (Å²) >= 11 is 0. The van der Waals surface area contributed by atoms with Gasteiger partial charge in [0.25, 0.3) is 0 Å². The molecule has 1 N–H and O–H groups in total. The summed E-state index contributed by atoms with van der Waals surface area (Å²) in [6, 6.07) is 0.827. The molecule has 0 radical (unpaired) electrons. The molecule has 0 heterocycles. The predicted octanol–water partition coefficient (Wildman–Crippen LogP) is 2.95. The van der Waals surface area contributed by atoms with E-state index < -0.39 is 0 Å². The van der Waals surface area contributed by atoms with E-state index >= 15 is 0 Å². The summed E-state index contributed by atoms with van der Waals surface area (Å²) in [5.74, 6) is 0.999. The molecule has 0 aromatic rings. The van der Waals surface area contributed by atoms with Crippen LogP contribution >= 0.6 is 0 Å². The Bertz CT molecular complexity index is 168. The largest absolute Gasteiger partial charge is 0.317 e. The molecule has 2 saturated carbocycles. The summed E-state index contributed by atoms with van der Waals surface area (Å²) in [6.45, 7) is 2.41. The smallest absolute Gasteiger partial charge is 0.00695 e. The molecule has 1 spiro atoms. The van der Waals surface area contributed by atoms with Gasteiger partial charge in [-0.3, -0.25) is 0 Å². The van der Waals surface area contributed by atoms with Crippen molar-refractivity contribution in [2.24, 2.45) is 11.3 Å². The number of hydrogen-bond acceptors (Lipinski definition) is 1. The van der Waals surface area contributed by atoms with E-state index in [-0.39, 0.29) is 0 Å². The minimum Gasteiger partial charge on any atom is -0.317 e. The molecule has 0 aromatic carbocycles. The van der Waals surface area contributed by atoms with Crippen LogP contribution in [-0.4, -0.2) is 13.1 Å². The van der Waals surface area contributed by atoms with Crippen LogP contribution in [0.4, 0.5) is 0 Å². The average Bonchev–Trinajstić information content (AvgIpc) is 2.55. The molecule has 0 saturated heterocycles. The van der Waals surface area contributed by atoms with Crippen molar-refractivity contribution in [2.45, 2.75) is 57.9 Å². The summed E-state index contributed by atoms with van der Waals surface area (Å²) in [7, 11) is 2.12. The molecule has 13 heavy (non-hydrogen) atoms. The zero-order valence-corrected chi connectivity index (χ0v) is 9.10. The lowest BCUT2D eigenvalue weighted by molar-refractivity contribution is 0.159. The van der Waals surface area contributed by atoms with Crippen LogP contribution in [0.5, 0.6) is 0 Å². The number of rotatable bonds is 1. The molecular weight excluding hydrogens is 158 g/mol. The van der Waals surface area contributed by atoms with Crippen LogP contribution in [0.25, 0.3) is 0 Å². The minimum atomic E-state index is 0.764. The van der Waals surface area contributed by atoms with E-state index in [0.717, 1.165) is 17.4 Å². The first-order valence-corrected chi connectivity index (χ1v) is 5.91. The van der Waals surface area contributed by atoms with E-state index in [0.29, 0.717) is 0 Å². The second-order valence-corrected chi connectivity index (χ2v) is 5.41. The third kappa shape index (κ3) is 1.90. The first-order valence-electron chi connectivity index (χ1n) is 5.91. The SMILES string of the molecule is CNC1CCC2(CCC(C)CC2)C1. The van der Waals surface area contributed by atoms with Gasteiger partial charge in [0, 0.05) is 6.04 Å². The second-order valence-electron chi connectivity index (χ2n) is 5.41. The van der Waals surface area contributed by atoms with Crippen LogP contribution in [0, 0.1) is 11.3 Å². The summed E-state index contributed by atoms with van der Waals surface area (Å²) in [4.78, 5) is 0. The van der Waals surface area contributed by atoms with E-state index in [4.69, 9.17) is 0 Å². The monoisotopic (exact) mass is 181 g/mol. The Labute approximate surface area is 82.3 Å². The lowest BCUT2D eigenvalue weighted by Gasteiger charge is -2.36. The van der Waals surface area contributed by atoms with Crippen molar-refractivity contribution < 1.29 is 0 Å². The fourth-order valence-corrected chi connectivity index (χ4v) is 3.28. The average molecular weight is 181 g/mol. The zero-order chi connectivity index (χ0) is 9.31. The molecule has 2 fully saturated rings. The van der Waals surface area contributed by atoms with Gasteiger partial charge in [-0.25, -0.2) is 0 Å². The molecule has 2 aliphatic rings. The fourth-order valence-electron chi connectivity index (χ4n) is 3.28. The Hall–Kier alpha value is -0.0400. The van der Waals surface area contributed by atoms with E-state index in [9.17, 15) is 0 Å². The maximum Gasteiger partial charge on any atom is 0.00695 e. The summed E-state index contributed by atoms with van der Waals surface area (Å²) in [6.07, 6.45) is 10.3. The molecule has 76 valence electrons. The van der Waals surface area contributed by atoms with Crippen molar-refractivity contribution in [3.8, 4) is 0 Å². The predicted molar refractivity (Wildman–Crippen MR) is 56.8 cm³/mol. The van der Waals surface area contributed by atoms with Gasteiger partial charge in [0.2, 0.25) is 0 Å². The van der Waals surface area contributed by atoms with E-state index in [1.54, 1.807) is 0 Å².